The van der Waals surface area contributed by atoms with E-state index in [9.17, 15) is 9.18 Å². The Morgan fingerprint density at radius 1 is 1.12 bits per heavy atom. The van der Waals surface area contributed by atoms with Gasteiger partial charge in [0.2, 0.25) is 0 Å². The predicted molar refractivity (Wildman–Crippen MR) is 92.9 cm³/mol. The number of imidazole rings is 1. The fraction of sp³-hybridized carbons (Fsp3) is 0. The first-order valence-electron chi connectivity index (χ1n) is 7.29. The number of rotatable bonds is 3. The van der Waals surface area contributed by atoms with Crippen LogP contribution in [0, 0.1) is 5.82 Å². The number of aromatic nitrogens is 2. The van der Waals surface area contributed by atoms with Crippen molar-refractivity contribution in [1.82, 2.24) is 9.38 Å². The van der Waals surface area contributed by atoms with Crippen molar-refractivity contribution in [3.05, 3.63) is 77.7 Å². The fourth-order valence-corrected chi connectivity index (χ4v) is 3.17. The highest BCUT2D eigenvalue weighted by molar-refractivity contribution is 7.15. The summed E-state index contributed by atoms with van der Waals surface area (Å²) in [6.07, 6.45) is 3.87. The van der Waals surface area contributed by atoms with E-state index in [4.69, 9.17) is 0 Å². The van der Waals surface area contributed by atoms with Crippen molar-refractivity contribution in [2.45, 2.75) is 0 Å². The molecule has 0 fully saturated rings. The third-order valence-electron chi connectivity index (χ3n) is 3.65. The van der Waals surface area contributed by atoms with Crippen molar-refractivity contribution >= 4 is 27.9 Å². The third-order valence-corrected chi connectivity index (χ3v) is 4.42. The van der Waals surface area contributed by atoms with Crippen LogP contribution in [0.5, 0.6) is 0 Å². The molecule has 4 rings (SSSR count). The van der Waals surface area contributed by atoms with E-state index in [1.807, 2.05) is 46.4 Å². The number of halogens is 1. The first-order chi connectivity index (χ1) is 11.7. The number of nitrogens with one attached hydrogen (secondary N) is 1. The summed E-state index contributed by atoms with van der Waals surface area (Å²) in [6.45, 7) is 0. The quantitative estimate of drug-likeness (QED) is 0.600. The van der Waals surface area contributed by atoms with Crippen molar-refractivity contribution in [3.8, 4) is 11.3 Å². The minimum Gasteiger partial charge on any atom is -0.321 e. The normalized spacial score (nSPS) is 10.9. The van der Waals surface area contributed by atoms with Crippen molar-refractivity contribution in [1.29, 1.82) is 0 Å². The van der Waals surface area contributed by atoms with Crippen molar-refractivity contribution < 1.29 is 9.18 Å². The summed E-state index contributed by atoms with van der Waals surface area (Å²) in [5.41, 5.74) is 2.69. The highest BCUT2D eigenvalue weighted by atomic mass is 32.1. The van der Waals surface area contributed by atoms with Crippen LogP contribution in [0.1, 0.15) is 10.4 Å². The van der Waals surface area contributed by atoms with Crippen LogP contribution in [-0.2, 0) is 0 Å². The molecule has 2 aromatic heterocycles. The van der Waals surface area contributed by atoms with Crippen molar-refractivity contribution in [2.24, 2.45) is 0 Å². The van der Waals surface area contributed by atoms with E-state index in [1.54, 1.807) is 11.3 Å². The van der Waals surface area contributed by atoms with E-state index in [0.29, 0.717) is 11.3 Å². The molecule has 0 saturated carbocycles. The van der Waals surface area contributed by atoms with Gasteiger partial charge in [0.05, 0.1) is 11.4 Å². The first-order valence-corrected chi connectivity index (χ1v) is 8.17. The number of para-hydroxylation sites is 1. The zero-order chi connectivity index (χ0) is 16.5. The molecular formula is C18H12FN3OS. The average molecular weight is 337 g/mol. The molecule has 4 aromatic rings. The number of fused-ring (bicyclic) bond motifs is 1. The Labute approximate surface area is 141 Å². The van der Waals surface area contributed by atoms with Gasteiger partial charge in [-0.1, -0.05) is 18.2 Å². The molecule has 0 saturated heterocycles. The smallest absolute Gasteiger partial charge is 0.255 e. The van der Waals surface area contributed by atoms with Crippen molar-refractivity contribution in [3.63, 3.8) is 0 Å². The van der Waals surface area contributed by atoms with E-state index in [1.165, 1.54) is 24.3 Å². The predicted octanol–water partition coefficient (Wildman–Crippen LogP) is 4.45. The van der Waals surface area contributed by atoms with Gasteiger partial charge in [-0.05, 0) is 30.3 Å². The molecule has 2 heterocycles. The molecule has 6 heteroatoms. The van der Waals surface area contributed by atoms with Gasteiger partial charge >= 0.3 is 0 Å². The summed E-state index contributed by atoms with van der Waals surface area (Å²) in [5, 5.41) is 4.84. The highest BCUT2D eigenvalue weighted by Gasteiger charge is 2.13. The number of carbonyl (C=O) groups excluding carboxylic acids is 1. The molecule has 0 aliphatic heterocycles. The Balaban J connectivity index is 1.67. The molecule has 0 aliphatic rings. The van der Waals surface area contributed by atoms with Crippen LogP contribution >= 0.6 is 11.3 Å². The second-order valence-corrected chi connectivity index (χ2v) is 6.10. The lowest BCUT2D eigenvalue weighted by molar-refractivity contribution is 0.102. The summed E-state index contributed by atoms with van der Waals surface area (Å²) in [4.78, 5) is 17.8. The Morgan fingerprint density at radius 2 is 1.92 bits per heavy atom. The van der Waals surface area contributed by atoms with Gasteiger partial charge in [-0.25, -0.2) is 9.37 Å². The first kappa shape index (κ1) is 14.6. The van der Waals surface area contributed by atoms with Crippen LogP contribution in [0.25, 0.3) is 16.2 Å². The fourth-order valence-electron chi connectivity index (χ4n) is 2.47. The number of benzene rings is 2. The molecule has 0 radical (unpaired) electrons. The molecule has 0 atom stereocenters. The standard InChI is InChI=1S/C18H12FN3OS/c19-13-7-5-12(6-8-13)17(23)20-15-4-2-1-3-14(15)16-11-22-9-10-24-18(22)21-16/h1-11H,(H,20,23). The Hall–Kier alpha value is -2.99. The number of amides is 1. The highest BCUT2D eigenvalue weighted by Crippen LogP contribution is 2.28. The lowest BCUT2D eigenvalue weighted by Gasteiger charge is -2.09. The molecule has 1 N–H and O–H groups in total. The molecule has 0 spiro atoms. The molecule has 24 heavy (non-hydrogen) atoms. The van der Waals surface area contributed by atoms with E-state index >= 15 is 0 Å². The summed E-state index contributed by atoms with van der Waals surface area (Å²) in [7, 11) is 0. The minimum atomic E-state index is -0.370. The van der Waals surface area contributed by atoms with E-state index in [2.05, 4.69) is 10.3 Å². The van der Waals surface area contributed by atoms with Gasteiger partial charge in [0.1, 0.15) is 5.82 Å². The van der Waals surface area contributed by atoms with Crippen LogP contribution in [0.15, 0.2) is 66.3 Å². The van der Waals surface area contributed by atoms with Gasteiger partial charge in [-0.3, -0.25) is 9.20 Å². The molecule has 0 bridgehead atoms. The SMILES string of the molecule is O=C(Nc1ccccc1-c1cn2ccsc2n1)c1ccc(F)cc1. The summed E-state index contributed by atoms with van der Waals surface area (Å²) in [6, 6.07) is 12.9. The zero-order valence-corrected chi connectivity index (χ0v) is 13.3. The van der Waals surface area contributed by atoms with Gasteiger partial charge in [-0.15, -0.1) is 11.3 Å². The van der Waals surface area contributed by atoms with E-state index in [-0.39, 0.29) is 11.7 Å². The number of anilines is 1. The van der Waals surface area contributed by atoms with Gasteiger partial charge in [0.15, 0.2) is 4.96 Å². The van der Waals surface area contributed by atoms with Crippen LogP contribution in [-0.4, -0.2) is 15.3 Å². The summed E-state index contributed by atoms with van der Waals surface area (Å²) >= 11 is 1.55. The lowest BCUT2D eigenvalue weighted by Crippen LogP contribution is -2.12. The molecule has 118 valence electrons. The number of carbonyl (C=O) groups is 1. The van der Waals surface area contributed by atoms with Gasteiger partial charge in [0.25, 0.3) is 5.91 Å². The number of hydrogen-bond acceptors (Lipinski definition) is 3. The molecule has 2 aromatic carbocycles. The molecule has 1 amide bonds. The average Bonchev–Trinajstić information content (AvgIpc) is 3.17. The zero-order valence-electron chi connectivity index (χ0n) is 12.4. The third kappa shape index (κ3) is 2.68. The molecule has 0 aliphatic carbocycles. The number of thiazole rings is 1. The lowest BCUT2D eigenvalue weighted by atomic mass is 10.1. The largest absolute Gasteiger partial charge is 0.321 e. The topological polar surface area (TPSA) is 46.4 Å². The van der Waals surface area contributed by atoms with Gasteiger partial charge < -0.3 is 5.32 Å². The van der Waals surface area contributed by atoms with Crippen LogP contribution in [0.3, 0.4) is 0 Å². The second-order valence-electron chi connectivity index (χ2n) is 5.23. The van der Waals surface area contributed by atoms with Crippen molar-refractivity contribution in [2.75, 3.05) is 5.32 Å². The number of nitrogens with zero attached hydrogens (tertiary/aromatic N) is 2. The van der Waals surface area contributed by atoms with E-state index < -0.39 is 0 Å². The van der Waals surface area contributed by atoms with Crippen LogP contribution in [0.2, 0.25) is 0 Å². The summed E-state index contributed by atoms with van der Waals surface area (Å²) < 4.78 is 14.9. The molecular weight excluding hydrogens is 325 g/mol. The Bertz CT molecular complexity index is 992. The van der Waals surface area contributed by atoms with Crippen LogP contribution < -0.4 is 5.32 Å². The molecule has 4 nitrogen and oxygen atoms in total. The van der Waals surface area contributed by atoms with Gasteiger partial charge in [0, 0.05) is 28.9 Å². The Kier molecular flexibility index (Phi) is 3.59. The van der Waals surface area contributed by atoms with Gasteiger partial charge in [-0.2, -0.15) is 0 Å². The second kappa shape index (κ2) is 5.90. The van der Waals surface area contributed by atoms with Crippen LogP contribution in [0.4, 0.5) is 10.1 Å². The maximum Gasteiger partial charge on any atom is 0.255 e. The number of hydrogen-bond donors (Lipinski definition) is 1. The monoisotopic (exact) mass is 337 g/mol. The summed E-state index contributed by atoms with van der Waals surface area (Å²) in [5.74, 6) is -0.659. The Morgan fingerprint density at radius 3 is 2.71 bits per heavy atom. The molecule has 0 unspecified atom stereocenters. The van der Waals surface area contributed by atoms with E-state index in [0.717, 1.165) is 16.2 Å². The maximum atomic E-state index is 13.0. The maximum absolute atomic E-state index is 13.0. The minimum absolute atomic E-state index is 0.288.